The summed E-state index contributed by atoms with van der Waals surface area (Å²) in [5.41, 5.74) is -0.179. The van der Waals surface area contributed by atoms with E-state index < -0.39 is 10.9 Å². The van der Waals surface area contributed by atoms with Crippen LogP contribution in [0.25, 0.3) is 0 Å². The number of carbonyl (C=O) groups is 1. The molecule has 20 heavy (non-hydrogen) atoms. The second-order valence-electron chi connectivity index (χ2n) is 3.75. The standard InChI is InChI=1S/C13H8BrNO5/c14-12-9(15(18)19)5-3-7-11(12)20-10-6-2-1-4-8(10)13(16)17/h1-7H,(H,16,17). The van der Waals surface area contributed by atoms with Gasteiger partial charge in [0.25, 0.3) is 5.69 Å². The van der Waals surface area contributed by atoms with Crippen LogP contribution in [0.5, 0.6) is 11.5 Å². The molecule has 2 aromatic rings. The Morgan fingerprint density at radius 2 is 1.80 bits per heavy atom. The van der Waals surface area contributed by atoms with Crippen LogP contribution in [0.3, 0.4) is 0 Å². The molecule has 0 aliphatic rings. The monoisotopic (exact) mass is 337 g/mol. The normalized spacial score (nSPS) is 10.1. The second kappa shape index (κ2) is 5.70. The molecule has 6 nitrogen and oxygen atoms in total. The number of benzene rings is 2. The lowest BCUT2D eigenvalue weighted by atomic mass is 10.2. The summed E-state index contributed by atoms with van der Waals surface area (Å²) in [5, 5.41) is 19.9. The lowest BCUT2D eigenvalue weighted by Gasteiger charge is -2.09. The summed E-state index contributed by atoms with van der Waals surface area (Å²) >= 11 is 3.09. The molecule has 0 unspecified atom stereocenters. The van der Waals surface area contributed by atoms with Crippen molar-refractivity contribution >= 4 is 27.6 Å². The minimum absolute atomic E-state index is 0.0223. The Morgan fingerprint density at radius 1 is 1.15 bits per heavy atom. The molecule has 2 rings (SSSR count). The largest absolute Gasteiger partial charge is 0.478 e. The molecule has 0 fully saturated rings. The summed E-state index contributed by atoms with van der Waals surface area (Å²) in [4.78, 5) is 21.3. The average Bonchev–Trinajstić information content (AvgIpc) is 2.41. The first-order valence-electron chi connectivity index (χ1n) is 5.44. The van der Waals surface area contributed by atoms with E-state index in [0.717, 1.165) is 0 Å². The van der Waals surface area contributed by atoms with E-state index >= 15 is 0 Å². The van der Waals surface area contributed by atoms with Crippen molar-refractivity contribution in [2.24, 2.45) is 0 Å². The average molecular weight is 338 g/mol. The Morgan fingerprint density at radius 3 is 2.45 bits per heavy atom. The van der Waals surface area contributed by atoms with Crippen LogP contribution >= 0.6 is 15.9 Å². The van der Waals surface area contributed by atoms with Gasteiger partial charge in [-0.05, 0) is 34.1 Å². The van der Waals surface area contributed by atoms with Gasteiger partial charge < -0.3 is 9.84 Å². The SMILES string of the molecule is O=C(O)c1ccccc1Oc1cccc([N+](=O)[O-])c1Br. The van der Waals surface area contributed by atoms with Crippen molar-refractivity contribution in [2.75, 3.05) is 0 Å². The number of carboxylic acids is 1. The van der Waals surface area contributed by atoms with E-state index in [4.69, 9.17) is 9.84 Å². The third-order valence-electron chi connectivity index (χ3n) is 2.48. The molecule has 0 atom stereocenters. The highest BCUT2D eigenvalue weighted by Crippen LogP contribution is 2.37. The summed E-state index contributed by atoms with van der Waals surface area (Å²) in [6.45, 7) is 0. The van der Waals surface area contributed by atoms with Gasteiger partial charge in [0.15, 0.2) is 0 Å². The zero-order valence-corrected chi connectivity index (χ0v) is 11.5. The Hall–Kier alpha value is -2.41. The van der Waals surface area contributed by atoms with Gasteiger partial charge in [-0.15, -0.1) is 0 Å². The van der Waals surface area contributed by atoms with Gasteiger partial charge in [-0.2, -0.15) is 0 Å². The van der Waals surface area contributed by atoms with Gasteiger partial charge in [0.2, 0.25) is 0 Å². The molecule has 1 N–H and O–H groups in total. The molecular weight excluding hydrogens is 330 g/mol. The fourth-order valence-electron chi connectivity index (χ4n) is 1.57. The number of nitro benzene ring substituents is 1. The topological polar surface area (TPSA) is 89.7 Å². The van der Waals surface area contributed by atoms with Crippen LogP contribution in [-0.4, -0.2) is 16.0 Å². The third-order valence-corrected chi connectivity index (χ3v) is 3.27. The first kappa shape index (κ1) is 14.0. The fourth-order valence-corrected chi connectivity index (χ4v) is 2.06. The van der Waals surface area contributed by atoms with Gasteiger partial charge in [-0.25, -0.2) is 4.79 Å². The third kappa shape index (κ3) is 2.77. The number of nitrogens with zero attached hydrogens (tertiary/aromatic N) is 1. The summed E-state index contributed by atoms with van der Waals surface area (Å²) in [5.74, 6) is -0.851. The Labute approximate surface area is 121 Å². The minimum atomic E-state index is -1.14. The number of rotatable bonds is 4. The van der Waals surface area contributed by atoms with E-state index in [1.807, 2.05) is 0 Å². The summed E-state index contributed by atoms with van der Waals surface area (Å²) < 4.78 is 5.62. The van der Waals surface area contributed by atoms with E-state index in [1.165, 1.54) is 30.3 Å². The smallest absolute Gasteiger partial charge is 0.339 e. The van der Waals surface area contributed by atoms with Crippen molar-refractivity contribution in [3.05, 3.63) is 62.6 Å². The molecule has 0 bridgehead atoms. The Kier molecular flexibility index (Phi) is 3.99. The number of nitro groups is 1. The zero-order valence-electron chi connectivity index (χ0n) is 9.95. The molecule has 102 valence electrons. The van der Waals surface area contributed by atoms with Gasteiger partial charge in [0.1, 0.15) is 21.5 Å². The van der Waals surface area contributed by atoms with E-state index in [9.17, 15) is 14.9 Å². The number of hydrogen-bond donors (Lipinski definition) is 1. The van der Waals surface area contributed by atoms with Crippen LogP contribution < -0.4 is 4.74 Å². The zero-order chi connectivity index (χ0) is 14.7. The summed E-state index contributed by atoms with van der Waals surface area (Å²) in [6, 6.07) is 10.3. The molecule has 0 saturated carbocycles. The van der Waals surface area contributed by atoms with Crippen LogP contribution in [0.2, 0.25) is 0 Å². The molecule has 0 aliphatic heterocycles. The molecule has 7 heteroatoms. The maximum atomic E-state index is 11.1. The molecule has 0 aromatic heterocycles. The first-order chi connectivity index (χ1) is 9.50. The van der Waals surface area contributed by atoms with E-state index in [2.05, 4.69) is 15.9 Å². The Bertz CT molecular complexity index is 686. The fraction of sp³-hybridized carbons (Fsp3) is 0. The van der Waals surface area contributed by atoms with E-state index in [1.54, 1.807) is 12.1 Å². The molecule has 0 heterocycles. The number of aromatic carboxylic acids is 1. The molecule has 2 aromatic carbocycles. The summed E-state index contributed by atoms with van der Waals surface area (Å²) in [7, 11) is 0. The molecule has 0 saturated heterocycles. The molecule has 0 spiro atoms. The number of hydrogen-bond acceptors (Lipinski definition) is 4. The molecule has 0 aliphatic carbocycles. The number of para-hydroxylation sites is 1. The quantitative estimate of drug-likeness (QED) is 0.676. The van der Waals surface area contributed by atoms with Crippen molar-refractivity contribution in [3.8, 4) is 11.5 Å². The van der Waals surface area contributed by atoms with Gasteiger partial charge >= 0.3 is 5.97 Å². The van der Waals surface area contributed by atoms with Crippen molar-refractivity contribution in [2.45, 2.75) is 0 Å². The van der Waals surface area contributed by atoms with Crippen LogP contribution in [0, 0.1) is 10.1 Å². The van der Waals surface area contributed by atoms with Crippen molar-refractivity contribution in [1.82, 2.24) is 0 Å². The van der Waals surface area contributed by atoms with Crippen LogP contribution in [0.4, 0.5) is 5.69 Å². The van der Waals surface area contributed by atoms with Crippen molar-refractivity contribution < 1.29 is 19.6 Å². The van der Waals surface area contributed by atoms with Crippen LogP contribution in [0.15, 0.2) is 46.9 Å². The highest BCUT2D eigenvalue weighted by Gasteiger charge is 2.18. The van der Waals surface area contributed by atoms with Gasteiger partial charge in [0.05, 0.1) is 4.92 Å². The van der Waals surface area contributed by atoms with E-state index in [0.29, 0.717) is 0 Å². The highest BCUT2D eigenvalue weighted by molar-refractivity contribution is 9.10. The number of carboxylic acid groups (broad SMARTS) is 1. The predicted molar refractivity (Wildman–Crippen MR) is 74.3 cm³/mol. The summed E-state index contributed by atoms with van der Waals surface area (Å²) in [6.07, 6.45) is 0. The molecule has 0 radical (unpaired) electrons. The van der Waals surface area contributed by atoms with Crippen molar-refractivity contribution in [3.63, 3.8) is 0 Å². The van der Waals surface area contributed by atoms with Gasteiger partial charge in [0, 0.05) is 6.07 Å². The van der Waals surface area contributed by atoms with Crippen molar-refractivity contribution in [1.29, 1.82) is 0 Å². The minimum Gasteiger partial charge on any atom is -0.478 e. The van der Waals surface area contributed by atoms with Crippen LogP contribution in [0.1, 0.15) is 10.4 Å². The first-order valence-corrected chi connectivity index (χ1v) is 6.23. The van der Waals surface area contributed by atoms with E-state index in [-0.39, 0.29) is 27.2 Å². The number of ether oxygens (including phenoxy) is 1. The highest BCUT2D eigenvalue weighted by atomic mass is 79.9. The molecular formula is C13H8BrNO5. The van der Waals surface area contributed by atoms with Gasteiger partial charge in [-0.1, -0.05) is 18.2 Å². The number of halogens is 1. The Balaban J connectivity index is 2.43. The predicted octanol–water partition coefficient (Wildman–Crippen LogP) is 3.85. The molecule has 0 amide bonds. The lowest BCUT2D eigenvalue weighted by Crippen LogP contribution is -2.00. The van der Waals surface area contributed by atoms with Crippen LogP contribution in [-0.2, 0) is 0 Å². The maximum absolute atomic E-state index is 11.1. The van der Waals surface area contributed by atoms with Gasteiger partial charge in [-0.3, -0.25) is 10.1 Å². The lowest BCUT2D eigenvalue weighted by molar-refractivity contribution is -0.385. The maximum Gasteiger partial charge on any atom is 0.339 e. The second-order valence-corrected chi connectivity index (χ2v) is 4.54.